The molecule has 0 aliphatic carbocycles. The Bertz CT molecular complexity index is 1450. The van der Waals surface area contributed by atoms with Crippen LogP contribution in [0.5, 0.6) is 11.6 Å². The third kappa shape index (κ3) is 9.68. The molecule has 5 rings (SSSR count). The predicted octanol–water partition coefficient (Wildman–Crippen LogP) is 5.11. The van der Waals surface area contributed by atoms with Gasteiger partial charge in [0.05, 0.1) is 18.1 Å². The van der Waals surface area contributed by atoms with Crippen LogP contribution < -0.4 is 20.3 Å². The maximum Gasteiger partial charge on any atom is 0.458 e. The number of likely N-dealkylation sites (tertiary alicyclic amines) is 1. The minimum atomic E-state index is -0.142. The molecule has 3 aromatic rings. The highest BCUT2D eigenvalue weighted by Gasteiger charge is 2.24. The molecule has 2 fully saturated rings. The summed E-state index contributed by atoms with van der Waals surface area (Å²) in [6.07, 6.45) is 6.28. The Kier molecular flexibility index (Phi) is 12.3. The molecule has 46 heavy (non-hydrogen) atoms. The van der Waals surface area contributed by atoms with Crippen LogP contribution in [0.3, 0.4) is 0 Å². The lowest BCUT2D eigenvalue weighted by molar-refractivity contribution is 0.175. The van der Waals surface area contributed by atoms with Crippen LogP contribution in [0.1, 0.15) is 31.7 Å². The molecule has 2 N–H and O–H groups in total. The average molecular weight is 689 g/mol. The van der Waals surface area contributed by atoms with Gasteiger partial charge in [-0.15, -0.1) is 0 Å². The second-order valence-corrected chi connectivity index (χ2v) is 13.4. The van der Waals surface area contributed by atoms with Gasteiger partial charge in [-0.1, -0.05) is 23.2 Å². The van der Waals surface area contributed by atoms with E-state index in [0.29, 0.717) is 69.2 Å². The third-order valence-corrected chi connectivity index (χ3v) is 9.43. The first-order valence-electron chi connectivity index (χ1n) is 15.7. The number of pyridine rings is 1. The van der Waals surface area contributed by atoms with Crippen molar-refractivity contribution in [1.29, 1.82) is 0 Å². The molecular formula is C32H41Cl2N8O3S+. The minimum absolute atomic E-state index is 0.142. The van der Waals surface area contributed by atoms with Crippen LogP contribution >= 0.6 is 23.2 Å². The molecule has 2 aliphatic rings. The molecule has 2 amide bonds. The van der Waals surface area contributed by atoms with Gasteiger partial charge in [-0.25, -0.2) is 19.7 Å². The van der Waals surface area contributed by atoms with E-state index in [4.69, 9.17) is 32.9 Å². The van der Waals surface area contributed by atoms with Crippen molar-refractivity contribution in [1.82, 2.24) is 35.4 Å². The van der Waals surface area contributed by atoms with Crippen LogP contribution in [0.25, 0.3) is 11.3 Å². The van der Waals surface area contributed by atoms with Crippen molar-refractivity contribution in [3.8, 4) is 22.9 Å². The van der Waals surface area contributed by atoms with E-state index in [0.717, 1.165) is 76.2 Å². The Morgan fingerprint density at radius 1 is 1.02 bits per heavy atom. The van der Waals surface area contributed by atoms with Gasteiger partial charge in [-0.3, -0.25) is 9.80 Å². The third-order valence-electron chi connectivity index (χ3n) is 8.59. The summed E-state index contributed by atoms with van der Waals surface area (Å²) in [6.45, 7) is 8.91. The number of ether oxygens (including phenoxy) is 1. The van der Waals surface area contributed by atoms with Gasteiger partial charge in [-0.2, -0.15) is 0 Å². The molecular weight excluding hydrogens is 647 g/mol. The molecule has 246 valence electrons. The van der Waals surface area contributed by atoms with Gasteiger partial charge in [-0.05, 0) is 68.6 Å². The minimum Gasteiger partial charge on any atom is -0.436 e. The van der Waals surface area contributed by atoms with Crippen molar-refractivity contribution in [2.45, 2.75) is 38.8 Å². The fourth-order valence-electron chi connectivity index (χ4n) is 5.89. The quantitative estimate of drug-likeness (QED) is 0.251. The summed E-state index contributed by atoms with van der Waals surface area (Å²) in [5.74, 6) is 2.69. The van der Waals surface area contributed by atoms with Crippen LogP contribution in [0.15, 0.2) is 42.7 Å². The lowest BCUT2D eigenvalue weighted by Gasteiger charge is -2.37. The lowest BCUT2D eigenvalue weighted by Crippen LogP contribution is -2.50. The van der Waals surface area contributed by atoms with Gasteiger partial charge in [0.2, 0.25) is 17.6 Å². The number of urea groups is 1. The molecule has 0 saturated carbocycles. The number of halogens is 2. The zero-order valence-corrected chi connectivity index (χ0v) is 28.6. The summed E-state index contributed by atoms with van der Waals surface area (Å²) in [5.41, 5.74) is 2.56. The molecule has 2 aliphatic heterocycles. The van der Waals surface area contributed by atoms with Gasteiger partial charge in [0.15, 0.2) is 5.75 Å². The number of piperidine rings is 1. The van der Waals surface area contributed by atoms with Crippen LogP contribution in [-0.2, 0) is 22.4 Å². The summed E-state index contributed by atoms with van der Waals surface area (Å²) in [6, 6.07) is 9.63. The second-order valence-electron chi connectivity index (χ2n) is 11.8. The first-order valence-corrected chi connectivity index (χ1v) is 17.4. The van der Waals surface area contributed by atoms with Crippen LogP contribution in [-0.4, -0.2) is 95.4 Å². The number of nitrogens with zero attached hydrogens (tertiary/aromatic N) is 6. The van der Waals surface area contributed by atoms with Crippen molar-refractivity contribution in [3.05, 3.63) is 58.3 Å². The number of nitrogens with one attached hydrogen (secondary N) is 2. The van der Waals surface area contributed by atoms with Gasteiger partial charge >= 0.3 is 17.7 Å². The molecule has 1 atom stereocenters. The normalized spacial score (nSPS) is 17.0. The first kappa shape index (κ1) is 34.2. The van der Waals surface area contributed by atoms with Gasteiger partial charge in [0, 0.05) is 84.7 Å². The number of carbonyl (C=O) groups is 1. The summed E-state index contributed by atoms with van der Waals surface area (Å²) >= 11 is 13.3. The van der Waals surface area contributed by atoms with E-state index in [9.17, 15) is 9.00 Å². The van der Waals surface area contributed by atoms with Gasteiger partial charge in [0.25, 0.3) is 0 Å². The average Bonchev–Trinajstić information content (AvgIpc) is 3.06. The van der Waals surface area contributed by atoms with Crippen molar-refractivity contribution in [3.63, 3.8) is 0 Å². The topological polar surface area (TPSA) is 116 Å². The van der Waals surface area contributed by atoms with E-state index in [1.807, 2.05) is 24.3 Å². The Labute approximate surface area is 284 Å². The number of piperazine rings is 1. The maximum atomic E-state index is 11.6. The van der Waals surface area contributed by atoms with Crippen LogP contribution in [0.4, 0.5) is 10.7 Å². The fourth-order valence-corrected chi connectivity index (χ4v) is 6.86. The van der Waals surface area contributed by atoms with E-state index in [-0.39, 0.29) is 6.03 Å². The van der Waals surface area contributed by atoms with Gasteiger partial charge < -0.3 is 20.3 Å². The zero-order valence-electron chi connectivity index (χ0n) is 26.3. The molecule has 2 saturated heterocycles. The number of amides is 2. The summed E-state index contributed by atoms with van der Waals surface area (Å²) < 4.78 is 17.0. The summed E-state index contributed by atoms with van der Waals surface area (Å²) in [4.78, 5) is 32.6. The van der Waals surface area contributed by atoms with E-state index in [2.05, 4.69) is 42.2 Å². The van der Waals surface area contributed by atoms with Crippen LogP contribution in [0, 0.1) is 5.92 Å². The first-order chi connectivity index (χ1) is 22.3. The summed E-state index contributed by atoms with van der Waals surface area (Å²) in [7, 11) is 1.63. The van der Waals surface area contributed by atoms with E-state index < -0.39 is 0 Å². The number of benzene rings is 1. The largest absolute Gasteiger partial charge is 0.458 e. The van der Waals surface area contributed by atoms with Crippen molar-refractivity contribution < 1.29 is 13.7 Å². The standard InChI is InChI=1S/C32H40Cl2N8O3S/c1-22(5-12-46-44)41-8-10-42(11-9-41)31-36-19-28(20-37-31)45-30-14-24(13-29(39-30)25-15-26(33)17-27(34)16-25)21-40-6-3-23(4-7-40)18-38-32(43)35-2/h13-17,19-20,22-23H,3-12,18,21H2,1-2H3,(H-,35,38,43)/p+1. The Morgan fingerprint density at radius 2 is 1.72 bits per heavy atom. The monoisotopic (exact) mass is 687 g/mol. The Hall–Kier alpha value is -3.16. The number of hydrogen-bond acceptors (Lipinski definition) is 9. The SMILES string of the molecule is CNC(=O)NCC1CCN(Cc2cc(Oc3cnc(N4CCN(C(C)CC[S+]=O)CC4)nc3)nc(-c3cc(Cl)cc(Cl)c3)c2)CC1. The predicted molar refractivity (Wildman–Crippen MR) is 183 cm³/mol. The summed E-state index contributed by atoms with van der Waals surface area (Å²) in [5, 5.41) is 6.60. The van der Waals surface area contributed by atoms with E-state index in [1.54, 1.807) is 25.5 Å². The molecule has 14 heteroatoms. The molecule has 0 spiro atoms. The highest BCUT2D eigenvalue weighted by Crippen LogP contribution is 2.31. The van der Waals surface area contributed by atoms with Crippen LogP contribution in [0.2, 0.25) is 10.0 Å². The van der Waals surface area contributed by atoms with Crippen molar-refractivity contribution >= 4 is 46.8 Å². The lowest BCUT2D eigenvalue weighted by atomic mass is 9.96. The smallest absolute Gasteiger partial charge is 0.436 e. The zero-order chi connectivity index (χ0) is 32.5. The molecule has 11 nitrogen and oxygen atoms in total. The van der Waals surface area contributed by atoms with E-state index in [1.165, 1.54) is 0 Å². The molecule has 4 heterocycles. The molecule has 1 aromatic carbocycles. The number of anilines is 1. The Balaban J connectivity index is 1.26. The second kappa shape index (κ2) is 16.6. The molecule has 0 radical (unpaired) electrons. The number of aromatic nitrogens is 3. The molecule has 1 unspecified atom stereocenters. The number of rotatable bonds is 12. The maximum absolute atomic E-state index is 11.6. The number of carbonyl (C=O) groups excluding carboxylic acids is 1. The Morgan fingerprint density at radius 3 is 2.37 bits per heavy atom. The number of hydrogen-bond donors (Lipinski definition) is 2. The highest BCUT2D eigenvalue weighted by atomic mass is 35.5. The fraction of sp³-hybridized carbons (Fsp3) is 0.500. The van der Waals surface area contributed by atoms with Crippen molar-refractivity contribution in [2.75, 3.05) is 63.5 Å². The van der Waals surface area contributed by atoms with Crippen molar-refractivity contribution in [2.24, 2.45) is 5.92 Å². The molecule has 2 aromatic heterocycles. The molecule has 0 bridgehead atoms. The highest BCUT2D eigenvalue weighted by molar-refractivity contribution is 7.65. The van der Waals surface area contributed by atoms with Gasteiger partial charge in [0.1, 0.15) is 0 Å². The van der Waals surface area contributed by atoms with E-state index >= 15 is 0 Å².